The molecule has 4 aliphatic rings. The molecule has 4 fully saturated rings. The van der Waals surface area contributed by atoms with Gasteiger partial charge in [0.2, 0.25) is 29.7 Å². The third-order valence-electron chi connectivity index (χ3n) is 21.9. The topological polar surface area (TPSA) is 178 Å². The maximum absolute atomic E-state index is 14.3. The Morgan fingerprint density at radius 2 is 0.724 bits per heavy atom. The largest absolute Gasteiger partial charge is 0.360 e. The minimum atomic E-state index is -1.19. The molecule has 4 saturated carbocycles. The van der Waals surface area contributed by atoms with E-state index in [1.807, 2.05) is 78.4 Å². The summed E-state index contributed by atoms with van der Waals surface area (Å²) in [6.07, 6.45) is 23.5. The minimum absolute atomic E-state index is 0.276. The number of pyridine rings is 5. The quantitative estimate of drug-likeness (QED) is 0.0524. The second kappa shape index (κ2) is 34.6. The average molecular weight is 1750 g/mol. The van der Waals surface area contributed by atoms with Gasteiger partial charge in [0.25, 0.3) is 0 Å². The van der Waals surface area contributed by atoms with Gasteiger partial charge in [-0.2, -0.15) is 42.3 Å². The van der Waals surface area contributed by atoms with Crippen LogP contribution in [0.1, 0.15) is 112 Å². The van der Waals surface area contributed by atoms with Gasteiger partial charge in [-0.05, 0) is 231 Å². The van der Waals surface area contributed by atoms with Crippen molar-refractivity contribution in [3.63, 3.8) is 0 Å². The van der Waals surface area contributed by atoms with Crippen molar-refractivity contribution in [3.8, 4) is 89.5 Å². The van der Waals surface area contributed by atoms with Crippen LogP contribution in [-0.4, -0.2) is 101 Å². The summed E-state index contributed by atoms with van der Waals surface area (Å²) in [6, 6.07) is 45.0. The minimum Gasteiger partial charge on any atom is -0.360 e. The Morgan fingerprint density at radius 3 is 1.14 bits per heavy atom. The summed E-state index contributed by atoms with van der Waals surface area (Å²) in [7, 11) is 2.63. The molecule has 0 saturated heterocycles. The predicted octanol–water partition coefficient (Wildman–Crippen LogP) is 23.3. The van der Waals surface area contributed by atoms with E-state index in [0.717, 1.165) is 174 Å². The summed E-state index contributed by atoms with van der Waals surface area (Å²) in [6.45, 7) is 12.1. The SMILES string of the molecule is CC.C[Si](C)(C)CCOCn1nc(-c2ccc(F)cc2)c(-c2ccc3ncc(F)n3c2)c1C1CC1.Cn1nc(-c2ccc(F)cc2)c(-c2ccc3ncc(F)n3c2)c1C1CC1.Cn1nc(C2CC2)c(-c2ccc3ncc(F)n3c2)c1-c1ccc(F)cc1.Fc1ccc(-c2n[nH]c(C3CC3)c2-c2ccc3ncc(F)n3c2)cc1.Fc1cnc2ccc(Br)cn12. The summed E-state index contributed by atoms with van der Waals surface area (Å²) in [5.41, 5.74) is 21.1. The van der Waals surface area contributed by atoms with Crippen LogP contribution in [0.15, 0.2) is 224 Å². The summed E-state index contributed by atoms with van der Waals surface area (Å²) < 4.78 is 142. The average Bonchev–Trinajstić information content (AvgIpc) is 1.60. The number of aromatic nitrogens is 18. The van der Waals surface area contributed by atoms with Crippen molar-refractivity contribution >= 4 is 52.2 Å². The van der Waals surface area contributed by atoms with E-state index in [-0.39, 0.29) is 29.2 Å². The van der Waals surface area contributed by atoms with Crippen LogP contribution in [0.3, 0.4) is 0 Å². The lowest BCUT2D eigenvalue weighted by molar-refractivity contribution is 0.0767. The molecule has 19 nitrogen and oxygen atoms in total. The number of benzene rings is 4. The van der Waals surface area contributed by atoms with Crippen molar-refractivity contribution in [1.29, 1.82) is 0 Å². The van der Waals surface area contributed by atoms with E-state index < -0.39 is 31.9 Å². The van der Waals surface area contributed by atoms with Gasteiger partial charge in [0.1, 0.15) is 75.3 Å². The first-order valence-corrected chi connectivity index (χ1v) is 45.3. The second-order valence-electron chi connectivity index (χ2n) is 32.0. The van der Waals surface area contributed by atoms with Crippen LogP contribution in [0.25, 0.3) is 118 Å². The monoisotopic (exact) mass is 1750 g/mol. The number of H-pyrrole nitrogens is 1. The molecule has 0 spiro atoms. The molecule has 0 atom stereocenters. The lowest BCUT2D eigenvalue weighted by atomic mass is 9.98. The van der Waals surface area contributed by atoms with Gasteiger partial charge < -0.3 is 4.74 Å². The van der Waals surface area contributed by atoms with Gasteiger partial charge in [0, 0.05) is 166 Å². The first kappa shape index (κ1) is 82.5. The maximum Gasteiger partial charge on any atom is 0.217 e. The van der Waals surface area contributed by atoms with Crippen molar-refractivity contribution in [2.75, 3.05) is 6.61 Å². The standard InChI is InChI=1S/C25H28F2N4OSi.2C20H16F2N4.C19H14F2N4.C7H4BrFN2.C2H6/c1-33(2,3)13-12-32-16-31-25(18-4-5-18)23(24(29-31)17-6-9-20(26)10-7-17)19-8-11-22-28-14-21(27)30(22)15-19;1-25-20(13-2-3-13)18(19(24-25)12-4-7-15(21)8-5-12)14-6-9-17-23-10-16(22)26(17)11-14;1-25-20(13-4-7-15(21)8-5-13)18(19(24-25)12-2-3-12)14-6-9-17-23-10-16(22)26(17)11-14;20-14-6-3-12(4-7-14)19-17(18(23-24-19)11-1-2-11)13-5-8-16-22-9-15(21)25(16)10-13;8-5-1-2-7-10-3-6(9)11(7)4-5;1-2/h6-11,14-15,18H,4-5,12-13,16H2,1-3H3;4-11,13H,2-3H2,1H3;4-12H,2-3H2,1H3;3-11H,1-2H2,(H,23,24);1-4H;1-2H3. The zero-order valence-corrected chi connectivity index (χ0v) is 70.7. The third kappa shape index (κ3) is 17.7. The number of rotatable bonds is 17. The lowest BCUT2D eigenvalue weighted by Gasteiger charge is -2.16. The maximum atomic E-state index is 14.3. The van der Waals surface area contributed by atoms with Gasteiger partial charge in [-0.3, -0.25) is 36.5 Å². The number of imidazole rings is 5. The highest BCUT2D eigenvalue weighted by molar-refractivity contribution is 9.10. The van der Waals surface area contributed by atoms with Crippen LogP contribution < -0.4 is 0 Å². The molecule has 14 aromatic heterocycles. The zero-order valence-electron chi connectivity index (χ0n) is 68.2. The molecule has 4 aliphatic carbocycles. The van der Waals surface area contributed by atoms with Gasteiger partial charge in [-0.25, -0.2) is 47.2 Å². The summed E-state index contributed by atoms with van der Waals surface area (Å²) >= 11 is 3.24. The molecule has 14 heterocycles. The molecule has 22 rings (SSSR count). The van der Waals surface area contributed by atoms with Gasteiger partial charge in [-0.15, -0.1) is 0 Å². The van der Waals surface area contributed by atoms with E-state index >= 15 is 0 Å². The molecule has 0 unspecified atom stereocenters. The van der Waals surface area contributed by atoms with Crippen molar-refractivity contribution in [1.82, 2.24) is 86.5 Å². The predicted molar refractivity (Wildman–Crippen MR) is 462 cm³/mol. The molecule has 123 heavy (non-hydrogen) atoms. The van der Waals surface area contributed by atoms with Crippen molar-refractivity contribution < 1.29 is 44.3 Å². The van der Waals surface area contributed by atoms with E-state index in [0.29, 0.717) is 65.2 Å². The number of hydrogen-bond donors (Lipinski definition) is 1. The van der Waals surface area contributed by atoms with Gasteiger partial charge >= 0.3 is 0 Å². The van der Waals surface area contributed by atoms with Gasteiger partial charge in [0.05, 0.1) is 48.1 Å². The van der Waals surface area contributed by atoms with Crippen LogP contribution >= 0.6 is 15.9 Å². The number of nitrogens with zero attached hydrogens (tertiary/aromatic N) is 17. The zero-order chi connectivity index (χ0) is 85.6. The number of nitrogens with one attached hydrogen (secondary N) is 1. The Hall–Kier alpha value is -12.8. The van der Waals surface area contributed by atoms with Crippen molar-refractivity contribution in [3.05, 3.63) is 300 Å². The van der Waals surface area contributed by atoms with E-state index in [4.69, 9.17) is 20.0 Å². The fraction of sp³-hybridized carbons (Fsp3) is 0.237. The molecular formula is C93H84BrF9N18OSi. The smallest absolute Gasteiger partial charge is 0.217 e. The molecule has 0 radical (unpaired) electrons. The fourth-order valence-electron chi connectivity index (χ4n) is 15.3. The highest BCUT2D eigenvalue weighted by atomic mass is 79.9. The summed E-state index contributed by atoms with van der Waals surface area (Å²) in [4.78, 5) is 20.0. The molecule has 0 aliphatic heterocycles. The van der Waals surface area contributed by atoms with E-state index in [1.54, 1.807) is 104 Å². The lowest BCUT2D eigenvalue weighted by Crippen LogP contribution is -2.22. The van der Waals surface area contributed by atoms with Crippen LogP contribution in [-0.2, 0) is 25.6 Å². The van der Waals surface area contributed by atoms with Crippen LogP contribution in [0.4, 0.5) is 39.5 Å². The van der Waals surface area contributed by atoms with E-state index in [1.165, 1.54) is 102 Å². The molecule has 4 aromatic carbocycles. The summed E-state index contributed by atoms with van der Waals surface area (Å²) in [5, 5.41) is 22.0. The van der Waals surface area contributed by atoms with E-state index in [9.17, 15) is 39.5 Å². The van der Waals surface area contributed by atoms with Crippen LogP contribution in [0, 0.1) is 53.0 Å². The Balaban J connectivity index is 0.000000111. The number of aryl methyl sites for hydroxylation is 2. The number of ether oxygens (including phenoxy) is 1. The highest BCUT2D eigenvalue weighted by Crippen LogP contribution is 2.52. The third-order valence-corrected chi connectivity index (χ3v) is 24.1. The Morgan fingerprint density at radius 1 is 0.374 bits per heavy atom. The van der Waals surface area contributed by atoms with Gasteiger partial charge in [-0.1, -0.05) is 33.5 Å². The van der Waals surface area contributed by atoms with Crippen LogP contribution in [0.5, 0.6) is 0 Å². The number of fused-ring (bicyclic) bond motifs is 5. The number of halogens is 10. The molecule has 30 heteroatoms. The number of hydrogen-bond acceptors (Lipinski definition) is 10. The first-order chi connectivity index (χ1) is 59.5. The Kier molecular flexibility index (Phi) is 23.2. The molecule has 1 N–H and O–H groups in total. The summed E-state index contributed by atoms with van der Waals surface area (Å²) in [5.74, 6) is -1.40. The molecular weight excluding hydrogens is 1660 g/mol. The van der Waals surface area contributed by atoms with E-state index in [2.05, 4.69) is 70.7 Å². The molecule has 0 amide bonds. The first-order valence-electron chi connectivity index (χ1n) is 40.8. The van der Waals surface area contributed by atoms with Crippen molar-refractivity contribution in [2.45, 2.75) is 121 Å². The Labute approximate surface area is 710 Å². The fourth-order valence-corrected chi connectivity index (χ4v) is 16.4. The highest BCUT2D eigenvalue weighted by Gasteiger charge is 2.37. The Bertz CT molecular complexity index is 6780. The molecule has 0 bridgehead atoms. The molecule has 18 aromatic rings. The van der Waals surface area contributed by atoms with Gasteiger partial charge in [0.15, 0.2) is 0 Å². The number of aromatic amines is 1. The normalized spacial score (nSPS) is 13.8. The van der Waals surface area contributed by atoms with Crippen LogP contribution in [0.2, 0.25) is 25.7 Å². The molecule has 626 valence electrons. The van der Waals surface area contributed by atoms with Crippen molar-refractivity contribution in [2.24, 2.45) is 14.1 Å². The second-order valence-corrected chi connectivity index (χ2v) is 38.5.